The van der Waals surface area contributed by atoms with Crippen molar-refractivity contribution in [2.45, 2.75) is 18.9 Å². The highest BCUT2D eigenvalue weighted by atomic mass is 16.3. The van der Waals surface area contributed by atoms with Crippen LogP contribution < -0.4 is 5.32 Å². The number of carbonyl (C=O) groups is 1. The lowest BCUT2D eigenvalue weighted by Crippen LogP contribution is -2.15. The van der Waals surface area contributed by atoms with E-state index in [0.717, 1.165) is 24.0 Å². The first-order valence-corrected chi connectivity index (χ1v) is 4.31. The molecule has 1 aromatic carbocycles. The van der Waals surface area contributed by atoms with Crippen LogP contribution in [0.4, 0.5) is 5.69 Å². The molecule has 3 heteroatoms. The van der Waals surface area contributed by atoms with Crippen molar-refractivity contribution in [3.8, 4) is 5.75 Å². The third-order valence-electron chi connectivity index (χ3n) is 2.30. The fraction of sp³-hybridized carbons (Fsp3) is 0.300. The van der Waals surface area contributed by atoms with Crippen molar-refractivity contribution < 1.29 is 9.90 Å². The van der Waals surface area contributed by atoms with E-state index >= 15 is 0 Å². The summed E-state index contributed by atoms with van der Waals surface area (Å²) in [5, 5.41) is 12.4. The van der Waals surface area contributed by atoms with Crippen LogP contribution in [0.25, 0.3) is 0 Å². The maximum atomic E-state index is 10.3. The van der Waals surface area contributed by atoms with E-state index in [1.54, 1.807) is 12.1 Å². The van der Waals surface area contributed by atoms with Gasteiger partial charge < -0.3 is 15.2 Å². The monoisotopic (exact) mass is 177 g/mol. The van der Waals surface area contributed by atoms with E-state index in [4.69, 9.17) is 0 Å². The fourth-order valence-corrected chi connectivity index (χ4v) is 1.68. The predicted octanol–water partition coefficient (Wildman–Crippen LogP) is 1.32. The number of phenols is 1. The van der Waals surface area contributed by atoms with Crippen molar-refractivity contribution in [1.82, 2.24) is 0 Å². The fourth-order valence-electron chi connectivity index (χ4n) is 1.68. The Bertz CT molecular complexity index is 336. The first kappa shape index (κ1) is 8.10. The van der Waals surface area contributed by atoms with Crippen LogP contribution >= 0.6 is 0 Å². The van der Waals surface area contributed by atoms with Gasteiger partial charge in [-0.15, -0.1) is 0 Å². The summed E-state index contributed by atoms with van der Waals surface area (Å²) >= 11 is 0. The van der Waals surface area contributed by atoms with Crippen molar-refractivity contribution >= 4 is 12.0 Å². The Morgan fingerprint density at radius 2 is 2.46 bits per heavy atom. The van der Waals surface area contributed by atoms with Gasteiger partial charge in [0, 0.05) is 18.2 Å². The van der Waals surface area contributed by atoms with Crippen LogP contribution in [0.5, 0.6) is 5.75 Å². The molecule has 3 nitrogen and oxygen atoms in total. The maximum Gasteiger partial charge on any atom is 0.122 e. The summed E-state index contributed by atoms with van der Waals surface area (Å²) in [5.74, 6) is 0.285. The van der Waals surface area contributed by atoms with Gasteiger partial charge in [0.1, 0.15) is 12.0 Å². The lowest BCUT2D eigenvalue weighted by Gasteiger charge is -2.05. The average Bonchev–Trinajstić information content (AvgIpc) is 2.46. The minimum atomic E-state index is 0.203. The van der Waals surface area contributed by atoms with Gasteiger partial charge >= 0.3 is 0 Å². The lowest BCUT2D eigenvalue weighted by atomic mass is 10.1. The van der Waals surface area contributed by atoms with Crippen LogP contribution in [-0.4, -0.2) is 17.4 Å². The molecule has 0 aliphatic carbocycles. The molecule has 0 bridgehead atoms. The molecule has 1 heterocycles. The van der Waals surface area contributed by atoms with Crippen LogP contribution in [0.1, 0.15) is 12.0 Å². The third-order valence-corrected chi connectivity index (χ3v) is 2.30. The standard InChI is InChI=1S/C10H11NO2/c12-4-3-8-5-7-6-9(13)1-2-10(7)11-8/h1-2,4,6,8,11,13H,3,5H2. The molecule has 0 fully saturated rings. The number of hydrogen-bond donors (Lipinski definition) is 2. The van der Waals surface area contributed by atoms with E-state index < -0.39 is 0 Å². The summed E-state index contributed by atoms with van der Waals surface area (Å²) in [6.45, 7) is 0. The summed E-state index contributed by atoms with van der Waals surface area (Å²) < 4.78 is 0. The topological polar surface area (TPSA) is 49.3 Å². The van der Waals surface area contributed by atoms with Crippen LogP contribution in [-0.2, 0) is 11.2 Å². The minimum Gasteiger partial charge on any atom is -0.508 e. The third kappa shape index (κ3) is 1.49. The van der Waals surface area contributed by atoms with Crippen LogP contribution in [0.15, 0.2) is 18.2 Å². The highest BCUT2D eigenvalue weighted by molar-refractivity contribution is 5.62. The zero-order valence-electron chi connectivity index (χ0n) is 7.16. The molecule has 13 heavy (non-hydrogen) atoms. The van der Waals surface area contributed by atoms with Crippen molar-refractivity contribution in [2.75, 3.05) is 5.32 Å². The van der Waals surface area contributed by atoms with Crippen LogP contribution in [0, 0.1) is 0 Å². The number of benzene rings is 1. The Hall–Kier alpha value is -1.51. The second-order valence-electron chi connectivity index (χ2n) is 3.29. The largest absolute Gasteiger partial charge is 0.508 e. The molecule has 68 valence electrons. The Balaban J connectivity index is 2.20. The summed E-state index contributed by atoms with van der Waals surface area (Å²) in [6, 6.07) is 5.44. The van der Waals surface area contributed by atoms with Gasteiger partial charge in [-0.25, -0.2) is 0 Å². The molecule has 1 atom stereocenters. The molecule has 0 saturated carbocycles. The number of aldehydes is 1. The number of anilines is 1. The van der Waals surface area contributed by atoms with Crippen molar-refractivity contribution in [2.24, 2.45) is 0 Å². The molecule has 0 radical (unpaired) electrons. The van der Waals surface area contributed by atoms with Gasteiger partial charge in [-0.2, -0.15) is 0 Å². The predicted molar refractivity (Wildman–Crippen MR) is 49.9 cm³/mol. The quantitative estimate of drug-likeness (QED) is 0.529. The summed E-state index contributed by atoms with van der Waals surface area (Å²) in [4.78, 5) is 10.3. The van der Waals surface area contributed by atoms with Gasteiger partial charge in [0.2, 0.25) is 0 Å². The Morgan fingerprint density at radius 1 is 1.62 bits per heavy atom. The molecule has 0 aromatic heterocycles. The zero-order valence-corrected chi connectivity index (χ0v) is 7.16. The van der Waals surface area contributed by atoms with Gasteiger partial charge in [-0.3, -0.25) is 0 Å². The SMILES string of the molecule is O=CCC1Cc2cc(O)ccc2N1. The molecule has 1 unspecified atom stereocenters. The van der Waals surface area contributed by atoms with E-state index in [2.05, 4.69) is 5.32 Å². The van der Waals surface area contributed by atoms with Gasteiger partial charge in [0.25, 0.3) is 0 Å². The summed E-state index contributed by atoms with van der Waals surface area (Å²) in [7, 11) is 0. The molecule has 2 N–H and O–H groups in total. The smallest absolute Gasteiger partial charge is 0.122 e. The number of phenolic OH excluding ortho intramolecular Hbond substituents is 1. The van der Waals surface area contributed by atoms with E-state index in [1.807, 2.05) is 6.07 Å². The number of fused-ring (bicyclic) bond motifs is 1. The highest BCUT2D eigenvalue weighted by Gasteiger charge is 2.19. The maximum absolute atomic E-state index is 10.3. The van der Waals surface area contributed by atoms with E-state index in [0.29, 0.717) is 6.42 Å². The lowest BCUT2D eigenvalue weighted by molar-refractivity contribution is -0.108. The molecule has 1 aliphatic rings. The molecule has 0 amide bonds. The van der Waals surface area contributed by atoms with Crippen molar-refractivity contribution in [1.29, 1.82) is 0 Å². The van der Waals surface area contributed by atoms with Crippen LogP contribution in [0.2, 0.25) is 0 Å². The summed E-state index contributed by atoms with van der Waals surface area (Å²) in [6.07, 6.45) is 2.27. The second-order valence-corrected chi connectivity index (χ2v) is 3.29. The molecule has 0 spiro atoms. The molecule has 1 aliphatic heterocycles. The minimum absolute atomic E-state index is 0.203. The van der Waals surface area contributed by atoms with E-state index in [-0.39, 0.29) is 11.8 Å². The molecule has 0 saturated heterocycles. The first-order chi connectivity index (χ1) is 6.29. The Kier molecular flexibility index (Phi) is 1.93. The number of nitrogens with one attached hydrogen (secondary N) is 1. The highest BCUT2D eigenvalue weighted by Crippen LogP contribution is 2.29. The number of aromatic hydroxyl groups is 1. The Labute approximate surface area is 76.4 Å². The van der Waals surface area contributed by atoms with Crippen molar-refractivity contribution in [3.63, 3.8) is 0 Å². The second kappa shape index (κ2) is 3.09. The van der Waals surface area contributed by atoms with Gasteiger partial charge in [0.15, 0.2) is 0 Å². The molecule has 1 aromatic rings. The summed E-state index contributed by atoms with van der Waals surface area (Å²) in [5.41, 5.74) is 2.12. The normalized spacial score (nSPS) is 19.2. The van der Waals surface area contributed by atoms with Gasteiger partial charge in [-0.05, 0) is 30.2 Å². The Morgan fingerprint density at radius 3 is 3.23 bits per heavy atom. The van der Waals surface area contributed by atoms with Gasteiger partial charge in [0.05, 0.1) is 0 Å². The van der Waals surface area contributed by atoms with Crippen LogP contribution in [0.3, 0.4) is 0 Å². The first-order valence-electron chi connectivity index (χ1n) is 4.31. The number of carbonyl (C=O) groups excluding carboxylic acids is 1. The van der Waals surface area contributed by atoms with E-state index in [9.17, 15) is 9.90 Å². The van der Waals surface area contributed by atoms with Gasteiger partial charge in [-0.1, -0.05) is 0 Å². The number of hydrogen-bond acceptors (Lipinski definition) is 3. The molecular formula is C10H11NO2. The van der Waals surface area contributed by atoms with Crippen molar-refractivity contribution in [3.05, 3.63) is 23.8 Å². The number of rotatable bonds is 2. The van der Waals surface area contributed by atoms with E-state index in [1.165, 1.54) is 0 Å². The molecular weight excluding hydrogens is 166 g/mol. The zero-order chi connectivity index (χ0) is 9.26. The average molecular weight is 177 g/mol. The molecule has 2 rings (SSSR count).